The Labute approximate surface area is 212 Å². The first kappa shape index (κ1) is 26.2. The molecule has 11 heteroatoms. The van der Waals surface area contributed by atoms with Gasteiger partial charge in [-0.15, -0.1) is 10.2 Å². The molecule has 9 nitrogen and oxygen atoms in total. The number of nitrogens with zero attached hydrogens (tertiary/aromatic N) is 3. The number of rotatable bonds is 10. The van der Waals surface area contributed by atoms with Gasteiger partial charge in [0.05, 0.1) is 17.4 Å². The van der Waals surface area contributed by atoms with Gasteiger partial charge in [-0.3, -0.25) is 9.59 Å². The van der Waals surface area contributed by atoms with Crippen LogP contribution in [0.2, 0.25) is 5.02 Å². The lowest BCUT2D eigenvalue weighted by molar-refractivity contribution is -0.113. The van der Waals surface area contributed by atoms with Crippen LogP contribution in [0.4, 0.5) is 5.69 Å². The summed E-state index contributed by atoms with van der Waals surface area (Å²) in [5.74, 6) is -0.704. The monoisotopic (exact) mass is 515 g/mol. The average Bonchev–Trinajstić information content (AvgIpc) is 3.17. The fourth-order valence-electron chi connectivity index (χ4n) is 3.36. The molecule has 184 valence electrons. The van der Waals surface area contributed by atoms with E-state index in [2.05, 4.69) is 34.7 Å². The molecule has 0 aliphatic heterocycles. The fourth-order valence-corrected chi connectivity index (χ4v) is 4.20. The van der Waals surface area contributed by atoms with E-state index >= 15 is 0 Å². The van der Waals surface area contributed by atoms with Crippen molar-refractivity contribution in [3.63, 3.8) is 0 Å². The van der Waals surface area contributed by atoms with Crippen molar-refractivity contribution in [2.45, 2.75) is 31.5 Å². The SMILES string of the molecule is CC(C)CC(NC(=O)c1ccc(Cl)cc1)c1nnc(SCC(=O)Nc2cccc(C(=O)O)c2)n1C. The van der Waals surface area contributed by atoms with Gasteiger partial charge in [-0.1, -0.05) is 43.3 Å². The van der Waals surface area contributed by atoms with Gasteiger partial charge in [0.1, 0.15) is 0 Å². The van der Waals surface area contributed by atoms with Gasteiger partial charge < -0.3 is 20.3 Å². The van der Waals surface area contributed by atoms with Crippen molar-refractivity contribution < 1.29 is 19.5 Å². The number of anilines is 1. The molecule has 0 radical (unpaired) electrons. The summed E-state index contributed by atoms with van der Waals surface area (Å²) < 4.78 is 1.76. The summed E-state index contributed by atoms with van der Waals surface area (Å²) in [7, 11) is 1.79. The van der Waals surface area contributed by atoms with Crippen molar-refractivity contribution >= 4 is 46.8 Å². The standard InChI is InChI=1S/C24H26ClN5O4S/c1-14(2)11-19(27-22(32)15-7-9-17(25)10-8-15)21-28-29-24(30(21)3)35-13-20(31)26-18-6-4-5-16(12-18)23(33)34/h4-10,12,14,19H,11,13H2,1-3H3,(H,26,31)(H,27,32)(H,33,34). The van der Waals surface area contributed by atoms with Crippen LogP contribution >= 0.6 is 23.4 Å². The van der Waals surface area contributed by atoms with Gasteiger partial charge in [-0.05, 0) is 54.8 Å². The van der Waals surface area contributed by atoms with E-state index in [9.17, 15) is 14.4 Å². The number of amides is 2. The number of carboxylic acid groups (broad SMARTS) is 1. The Morgan fingerprint density at radius 2 is 1.80 bits per heavy atom. The van der Waals surface area contributed by atoms with Crippen LogP contribution in [0.25, 0.3) is 0 Å². The van der Waals surface area contributed by atoms with E-state index in [1.807, 2.05) is 0 Å². The number of hydrogen-bond acceptors (Lipinski definition) is 6. The number of aromatic carboxylic acids is 1. The van der Waals surface area contributed by atoms with E-state index < -0.39 is 5.97 Å². The zero-order valence-electron chi connectivity index (χ0n) is 19.5. The number of nitrogens with one attached hydrogen (secondary N) is 2. The van der Waals surface area contributed by atoms with E-state index in [1.54, 1.807) is 48.0 Å². The molecule has 1 atom stereocenters. The molecule has 0 fully saturated rings. The van der Waals surface area contributed by atoms with Crippen molar-refractivity contribution in [2.75, 3.05) is 11.1 Å². The molecular formula is C24H26ClN5O4S. The normalized spacial score (nSPS) is 11.8. The fraction of sp³-hybridized carbons (Fsp3) is 0.292. The second kappa shape index (κ2) is 11.9. The van der Waals surface area contributed by atoms with Crippen molar-refractivity contribution in [1.29, 1.82) is 0 Å². The highest BCUT2D eigenvalue weighted by Crippen LogP contribution is 2.24. The number of halogens is 1. The van der Waals surface area contributed by atoms with Crippen LogP contribution in [0.1, 0.15) is 52.9 Å². The van der Waals surface area contributed by atoms with E-state index in [0.717, 1.165) is 0 Å². The summed E-state index contributed by atoms with van der Waals surface area (Å²) in [6, 6.07) is 12.3. The van der Waals surface area contributed by atoms with Crippen molar-refractivity contribution in [3.8, 4) is 0 Å². The van der Waals surface area contributed by atoms with E-state index in [4.69, 9.17) is 16.7 Å². The number of aromatic nitrogens is 3. The first-order valence-corrected chi connectivity index (χ1v) is 12.2. The van der Waals surface area contributed by atoms with Crippen molar-refractivity contribution in [2.24, 2.45) is 13.0 Å². The second-order valence-electron chi connectivity index (χ2n) is 8.29. The van der Waals surface area contributed by atoms with Crippen LogP contribution in [-0.2, 0) is 11.8 Å². The van der Waals surface area contributed by atoms with Crippen LogP contribution in [0, 0.1) is 5.92 Å². The van der Waals surface area contributed by atoms with Crippen LogP contribution in [0.3, 0.4) is 0 Å². The molecule has 0 saturated carbocycles. The minimum absolute atomic E-state index is 0.0508. The molecule has 0 aliphatic rings. The number of carboxylic acids is 1. The van der Waals surface area contributed by atoms with E-state index in [0.29, 0.717) is 33.7 Å². The Hall–Kier alpha value is -3.37. The third kappa shape index (κ3) is 7.30. The Bertz CT molecular complexity index is 1210. The summed E-state index contributed by atoms with van der Waals surface area (Å²) in [6.07, 6.45) is 0.649. The molecule has 3 N–H and O–H groups in total. The molecule has 35 heavy (non-hydrogen) atoms. The molecule has 0 bridgehead atoms. The van der Waals surface area contributed by atoms with Gasteiger partial charge in [0.15, 0.2) is 11.0 Å². The minimum Gasteiger partial charge on any atom is -0.478 e. The molecule has 0 spiro atoms. The van der Waals surface area contributed by atoms with Crippen LogP contribution in [0.15, 0.2) is 53.7 Å². The summed E-state index contributed by atoms with van der Waals surface area (Å²) in [6.45, 7) is 4.11. The predicted molar refractivity (Wildman–Crippen MR) is 135 cm³/mol. The van der Waals surface area contributed by atoms with Gasteiger partial charge >= 0.3 is 5.97 Å². The lowest BCUT2D eigenvalue weighted by Gasteiger charge is -2.20. The molecule has 1 aromatic heterocycles. The summed E-state index contributed by atoms with van der Waals surface area (Å²) in [4.78, 5) is 36.3. The van der Waals surface area contributed by atoms with Gasteiger partial charge in [0, 0.05) is 23.3 Å². The first-order valence-electron chi connectivity index (χ1n) is 10.9. The zero-order valence-corrected chi connectivity index (χ0v) is 21.1. The Kier molecular flexibility index (Phi) is 8.89. The second-order valence-corrected chi connectivity index (χ2v) is 9.66. The minimum atomic E-state index is -1.07. The first-order chi connectivity index (χ1) is 16.6. The number of carbonyl (C=O) groups is 3. The third-order valence-corrected chi connectivity index (χ3v) is 6.30. The number of benzene rings is 2. The highest BCUT2D eigenvalue weighted by atomic mass is 35.5. The molecule has 1 unspecified atom stereocenters. The largest absolute Gasteiger partial charge is 0.478 e. The maximum atomic E-state index is 12.8. The van der Waals surface area contributed by atoms with Crippen molar-refractivity contribution in [1.82, 2.24) is 20.1 Å². The smallest absolute Gasteiger partial charge is 0.335 e. The van der Waals surface area contributed by atoms with E-state index in [1.165, 1.54) is 23.9 Å². The lowest BCUT2D eigenvalue weighted by atomic mass is 10.0. The van der Waals surface area contributed by atoms with Crippen molar-refractivity contribution in [3.05, 3.63) is 70.5 Å². The molecule has 2 aromatic carbocycles. The van der Waals surface area contributed by atoms with Gasteiger partial charge in [0.25, 0.3) is 5.91 Å². The molecular weight excluding hydrogens is 490 g/mol. The molecule has 3 rings (SSSR count). The van der Waals surface area contributed by atoms with Crippen LogP contribution < -0.4 is 10.6 Å². The third-order valence-electron chi connectivity index (χ3n) is 5.02. The molecule has 3 aromatic rings. The molecule has 1 heterocycles. The lowest BCUT2D eigenvalue weighted by Crippen LogP contribution is -2.31. The van der Waals surface area contributed by atoms with Gasteiger partial charge in [0.2, 0.25) is 5.91 Å². The quantitative estimate of drug-likeness (QED) is 0.341. The molecule has 2 amide bonds. The average molecular weight is 516 g/mol. The zero-order chi connectivity index (χ0) is 25.5. The predicted octanol–water partition coefficient (Wildman–Crippen LogP) is 4.41. The number of thioether (sulfide) groups is 1. The number of hydrogen-bond donors (Lipinski definition) is 3. The summed E-state index contributed by atoms with van der Waals surface area (Å²) in [5.41, 5.74) is 0.977. The topological polar surface area (TPSA) is 126 Å². The Balaban J connectivity index is 1.67. The van der Waals surface area contributed by atoms with Gasteiger partial charge in [-0.2, -0.15) is 0 Å². The maximum Gasteiger partial charge on any atom is 0.335 e. The summed E-state index contributed by atoms with van der Waals surface area (Å²) in [5, 5.41) is 24.4. The number of carbonyl (C=O) groups excluding carboxylic acids is 2. The highest BCUT2D eigenvalue weighted by molar-refractivity contribution is 7.99. The Morgan fingerprint density at radius 3 is 2.46 bits per heavy atom. The van der Waals surface area contributed by atoms with Crippen LogP contribution in [0.5, 0.6) is 0 Å². The van der Waals surface area contributed by atoms with E-state index in [-0.39, 0.29) is 35.1 Å². The highest BCUT2D eigenvalue weighted by Gasteiger charge is 2.23. The Morgan fingerprint density at radius 1 is 1.09 bits per heavy atom. The molecule has 0 saturated heterocycles. The summed E-state index contributed by atoms with van der Waals surface area (Å²) >= 11 is 7.11. The van der Waals surface area contributed by atoms with Gasteiger partial charge in [-0.25, -0.2) is 4.79 Å². The maximum absolute atomic E-state index is 12.8. The molecule has 0 aliphatic carbocycles. The van der Waals surface area contributed by atoms with Crippen LogP contribution in [-0.4, -0.2) is 43.4 Å².